The molecule has 5 rings (SSSR count). The number of hydrogen-bond acceptors (Lipinski definition) is 6. The van der Waals surface area contributed by atoms with Crippen LogP contribution in [-0.2, 0) is 11.3 Å². The predicted octanol–water partition coefficient (Wildman–Crippen LogP) is 1.55. The van der Waals surface area contributed by atoms with Gasteiger partial charge in [-0.25, -0.2) is 4.79 Å². The first-order chi connectivity index (χ1) is 13.2. The van der Waals surface area contributed by atoms with Crippen molar-refractivity contribution in [2.75, 3.05) is 37.6 Å². The fourth-order valence-corrected chi connectivity index (χ4v) is 4.02. The number of carbonyl (C=O) groups is 2. The van der Waals surface area contributed by atoms with E-state index in [1.807, 2.05) is 6.07 Å². The van der Waals surface area contributed by atoms with Crippen LogP contribution in [0, 0.1) is 0 Å². The minimum absolute atomic E-state index is 0.255. The Hall–Kier alpha value is -2.45. The molecule has 3 amide bonds. The smallest absolute Gasteiger partial charge is 0.329 e. The average molecular weight is 369 g/mol. The second kappa shape index (κ2) is 6.61. The summed E-state index contributed by atoms with van der Waals surface area (Å²) in [6.07, 6.45) is 3.00. The summed E-state index contributed by atoms with van der Waals surface area (Å²) in [5.41, 5.74) is 1.83. The molecule has 8 heteroatoms. The van der Waals surface area contributed by atoms with Crippen molar-refractivity contribution in [3.8, 4) is 0 Å². The molecule has 2 aliphatic heterocycles. The molecule has 3 aliphatic rings. The van der Waals surface area contributed by atoms with E-state index in [0.29, 0.717) is 17.9 Å². The summed E-state index contributed by atoms with van der Waals surface area (Å²) in [6, 6.07) is 6.42. The van der Waals surface area contributed by atoms with Crippen molar-refractivity contribution in [1.82, 2.24) is 20.3 Å². The highest BCUT2D eigenvalue weighted by Gasteiger charge is 2.31. The topological polar surface area (TPSA) is 81.9 Å². The third-order valence-corrected chi connectivity index (χ3v) is 5.70. The number of amides is 3. The largest absolute Gasteiger partial charge is 0.354 e. The molecule has 3 fully saturated rings. The van der Waals surface area contributed by atoms with Gasteiger partial charge in [0.1, 0.15) is 0 Å². The van der Waals surface area contributed by atoms with E-state index in [9.17, 15) is 9.59 Å². The van der Waals surface area contributed by atoms with Crippen molar-refractivity contribution in [2.45, 2.75) is 31.8 Å². The molecule has 3 heterocycles. The lowest BCUT2D eigenvalue weighted by Crippen LogP contribution is -2.49. The quantitative estimate of drug-likeness (QED) is 0.881. The third-order valence-electron chi connectivity index (χ3n) is 5.70. The van der Waals surface area contributed by atoms with E-state index in [2.05, 4.69) is 32.4 Å². The average Bonchev–Trinajstić information content (AvgIpc) is 3.43. The maximum atomic E-state index is 12.1. The van der Waals surface area contributed by atoms with Crippen molar-refractivity contribution < 1.29 is 14.1 Å². The molecule has 0 bridgehead atoms. The van der Waals surface area contributed by atoms with Crippen LogP contribution in [0.15, 0.2) is 22.7 Å². The Morgan fingerprint density at radius 1 is 1.11 bits per heavy atom. The number of piperazine rings is 1. The van der Waals surface area contributed by atoms with Crippen molar-refractivity contribution in [3.63, 3.8) is 0 Å². The molecule has 2 saturated heterocycles. The zero-order chi connectivity index (χ0) is 18.4. The van der Waals surface area contributed by atoms with Crippen LogP contribution in [0.2, 0.25) is 0 Å². The van der Waals surface area contributed by atoms with Gasteiger partial charge >= 0.3 is 6.03 Å². The molecule has 0 unspecified atom stereocenters. The maximum absolute atomic E-state index is 12.1. The standard InChI is InChI=1S/C19H23N5O3/c25-17-5-6-24(19(26)20-17)18-15-11-13(1-4-16(15)27-21-18)12-22-7-9-23(10-8-22)14-2-3-14/h1,4,11,14H,2-3,5-10,12H2,(H,20,25,26). The molecular weight excluding hydrogens is 346 g/mol. The molecule has 1 aliphatic carbocycles. The van der Waals surface area contributed by atoms with Crippen LogP contribution in [0.25, 0.3) is 11.0 Å². The fraction of sp³-hybridized carbons (Fsp3) is 0.526. The van der Waals surface area contributed by atoms with Gasteiger partial charge in [0, 0.05) is 51.7 Å². The lowest BCUT2D eigenvalue weighted by atomic mass is 10.1. The minimum atomic E-state index is -0.442. The van der Waals surface area contributed by atoms with Crippen LogP contribution in [0.1, 0.15) is 24.8 Å². The number of carbonyl (C=O) groups excluding carboxylic acids is 2. The zero-order valence-electron chi connectivity index (χ0n) is 15.2. The second-order valence-corrected chi connectivity index (χ2v) is 7.63. The first-order valence-corrected chi connectivity index (χ1v) is 9.63. The number of nitrogens with one attached hydrogen (secondary N) is 1. The maximum Gasteiger partial charge on any atom is 0.329 e. The lowest BCUT2D eigenvalue weighted by molar-refractivity contribution is -0.120. The number of rotatable bonds is 4. The van der Waals surface area contributed by atoms with E-state index in [1.165, 1.54) is 23.3 Å². The Morgan fingerprint density at radius 2 is 1.93 bits per heavy atom. The van der Waals surface area contributed by atoms with Gasteiger partial charge in [0.2, 0.25) is 5.91 Å². The van der Waals surface area contributed by atoms with Crippen LogP contribution in [-0.4, -0.2) is 65.7 Å². The number of fused-ring (bicyclic) bond motifs is 1. The van der Waals surface area contributed by atoms with Crippen LogP contribution < -0.4 is 10.2 Å². The SMILES string of the molecule is O=C1CCN(c2noc3ccc(CN4CCN(C5CC5)CC4)cc23)C(=O)N1. The van der Waals surface area contributed by atoms with Crippen LogP contribution in [0.4, 0.5) is 10.6 Å². The van der Waals surface area contributed by atoms with Gasteiger partial charge in [-0.2, -0.15) is 0 Å². The van der Waals surface area contributed by atoms with Gasteiger partial charge in [0.15, 0.2) is 11.4 Å². The third kappa shape index (κ3) is 3.30. The number of hydrogen-bond donors (Lipinski definition) is 1. The van der Waals surface area contributed by atoms with Crippen molar-refractivity contribution >= 4 is 28.7 Å². The fourth-order valence-electron chi connectivity index (χ4n) is 4.02. The Labute approximate surface area is 157 Å². The van der Waals surface area contributed by atoms with E-state index in [1.54, 1.807) is 0 Å². The molecule has 2 aromatic rings. The highest BCUT2D eigenvalue weighted by Crippen LogP contribution is 2.30. The van der Waals surface area contributed by atoms with E-state index in [-0.39, 0.29) is 12.3 Å². The number of imide groups is 1. The van der Waals surface area contributed by atoms with Gasteiger partial charge < -0.3 is 4.52 Å². The predicted molar refractivity (Wildman–Crippen MR) is 99.4 cm³/mol. The number of benzene rings is 1. The Bertz CT molecular complexity index is 883. The molecule has 1 aromatic heterocycles. The summed E-state index contributed by atoms with van der Waals surface area (Å²) in [5, 5.41) is 7.23. The molecule has 1 saturated carbocycles. The summed E-state index contributed by atoms with van der Waals surface area (Å²) in [4.78, 5) is 30.1. The number of urea groups is 1. The number of nitrogens with zero attached hydrogens (tertiary/aromatic N) is 4. The summed E-state index contributed by atoms with van der Waals surface area (Å²) in [5.74, 6) is 0.227. The van der Waals surface area contributed by atoms with Gasteiger partial charge in [-0.3, -0.25) is 24.8 Å². The molecule has 8 nitrogen and oxygen atoms in total. The first kappa shape index (κ1) is 16.7. The van der Waals surface area contributed by atoms with E-state index in [4.69, 9.17) is 4.52 Å². The highest BCUT2D eigenvalue weighted by molar-refractivity contribution is 6.08. The normalized spacial score (nSPS) is 22.4. The van der Waals surface area contributed by atoms with Gasteiger partial charge in [0.05, 0.1) is 5.39 Å². The van der Waals surface area contributed by atoms with E-state index < -0.39 is 6.03 Å². The zero-order valence-corrected chi connectivity index (χ0v) is 15.2. The van der Waals surface area contributed by atoms with Gasteiger partial charge in [0.25, 0.3) is 0 Å². The van der Waals surface area contributed by atoms with Crippen LogP contribution >= 0.6 is 0 Å². The highest BCUT2D eigenvalue weighted by atomic mass is 16.5. The minimum Gasteiger partial charge on any atom is -0.354 e. The van der Waals surface area contributed by atoms with Crippen molar-refractivity contribution in [1.29, 1.82) is 0 Å². The summed E-state index contributed by atoms with van der Waals surface area (Å²) in [7, 11) is 0. The Kier molecular flexibility index (Phi) is 4.09. The van der Waals surface area contributed by atoms with Crippen LogP contribution in [0.3, 0.4) is 0 Å². The molecular formula is C19H23N5O3. The molecule has 0 spiro atoms. The van der Waals surface area contributed by atoms with Crippen LogP contribution in [0.5, 0.6) is 0 Å². The van der Waals surface area contributed by atoms with Gasteiger partial charge in [-0.1, -0.05) is 11.2 Å². The summed E-state index contributed by atoms with van der Waals surface area (Å²) in [6.45, 7) is 5.66. The molecule has 0 radical (unpaired) electrons. The molecule has 1 aromatic carbocycles. The monoisotopic (exact) mass is 369 g/mol. The molecule has 0 atom stereocenters. The second-order valence-electron chi connectivity index (χ2n) is 7.63. The molecule has 27 heavy (non-hydrogen) atoms. The molecule has 142 valence electrons. The Morgan fingerprint density at radius 3 is 2.67 bits per heavy atom. The summed E-state index contributed by atoms with van der Waals surface area (Å²) >= 11 is 0. The first-order valence-electron chi connectivity index (χ1n) is 9.63. The van der Waals surface area contributed by atoms with Crippen molar-refractivity contribution in [2.24, 2.45) is 0 Å². The van der Waals surface area contributed by atoms with Gasteiger partial charge in [-0.15, -0.1) is 0 Å². The van der Waals surface area contributed by atoms with Crippen molar-refractivity contribution in [3.05, 3.63) is 23.8 Å². The number of aromatic nitrogens is 1. The Balaban J connectivity index is 1.32. The number of anilines is 1. The lowest BCUT2D eigenvalue weighted by Gasteiger charge is -2.34. The van der Waals surface area contributed by atoms with E-state index in [0.717, 1.165) is 44.2 Å². The molecule has 1 N–H and O–H groups in total. The van der Waals surface area contributed by atoms with Gasteiger partial charge in [-0.05, 0) is 30.5 Å². The van der Waals surface area contributed by atoms with E-state index >= 15 is 0 Å². The summed E-state index contributed by atoms with van der Waals surface area (Å²) < 4.78 is 5.39.